The van der Waals surface area contributed by atoms with Crippen LogP contribution in [-0.4, -0.2) is 14.8 Å². The molecule has 0 unspecified atom stereocenters. The van der Waals surface area contributed by atoms with Crippen LogP contribution >= 0.6 is 46.7 Å². The topological polar surface area (TPSA) is 30.7 Å². The fourth-order valence-corrected chi connectivity index (χ4v) is 4.57. The monoisotopic (exact) mass is 423 g/mol. The van der Waals surface area contributed by atoms with Crippen molar-refractivity contribution in [2.24, 2.45) is 0 Å². The fourth-order valence-electron chi connectivity index (χ4n) is 2.42. The summed E-state index contributed by atoms with van der Waals surface area (Å²) < 4.78 is 2.19. The number of rotatable bonds is 8. The van der Waals surface area contributed by atoms with E-state index in [0.29, 0.717) is 0 Å². The lowest BCUT2D eigenvalue weighted by molar-refractivity contribution is 0.659. The minimum atomic E-state index is 0.760. The van der Waals surface area contributed by atoms with Gasteiger partial charge >= 0.3 is 0 Å². The van der Waals surface area contributed by atoms with Gasteiger partial charge in [0.1, 0.15) is 5.82 Å². The van der Waals surface area contributed by atoms with Crippen LogP contribution < -0.4 is 0 Å². The molecule has 0 bridgehead atoms. The third kappa shape index (κ3) is 5.43. The summed E-state index contributed by atoms with van der Waals surface area (Å²) in [5.74, 6) is 3.64. The predicted molar refractivity (Wildman–Crippen MR) is 113 cm³/mol. The van der Waals surface area contributed by atoms with E-state index in [-0.39, 0.29) is 0 Å². The van der Waals surface area contributed by atoms with Gasteiger partial charge in [-0.25, -0.2) is 0 Å². The maximum absolute atomic E-state index is 5.94. The quantitative estimate of drug-likeness (QED) is 0.395. The molecule has 0 fully saturated rings. The lowest BCUT2D eigenvalue weighted by Gasteiger charge is -2.07. The highest BCUT2D eigenvalue weighted by Gasteiger charge is 2.11. The minimum absolute atomic E-state index is 0.760. The van der Waals surface area contributed by atoms with Gasteiger partial charge in [-0.05, 0) is 42.3 Å². The van der Waals surface area contributed by atoms with Crippen LogP contribution in [-0.2, 0) is 23.8 Å². The summed E-state index contributed by atoms with van der Waals surface area (Å²) in [6.07, 6.45) is 0. The van der Waals surface area contributed by atoms with Gasteiger partial charge in [0.15, 0.2) is 5.16 Å². The van der Waals surface area contributed by atoms with Gasteiger partial charge in [0.05, 0.1) is 5.75 Å². The van der Waals surface area contributed by atoms with E-state index in [0.717, 1.165) is 44.8 Å². The van der Waals surface area contributed by atoms with Crippen molar-refractivity contribution in [1.82, 2.24) is 14.8 Å². The minimum Gasteiger partial charge on any atom is -0.306 e. The fraction of sp³-hybridized carbons (Fsp3) is 0.263. The Morgan fingerprint density at radius 1 is 0.808 bits per heavy atom. The summed E-state index contributed by atoms with van der Waals surface area (Å²) in [6, 6.07) is 15.9. The van der Waals surface area contributed by atoms with E-state index in [9.17, 15) is 0 Å². The Morgan fingerprint density at radius 3 is 1.96 bits per heavy atom. The van der Waals surface area contributed by atoms with E-state index in [4.69, 9.17) is 23.2 Å². The molecule has 136 valence electrons. The molecule has 3 nitrogen and oxygen atoms in total. The lowest BCUT2D eigenvalue weighted by Crippen LogP contribution is -2.02. The molecule has 0 N–H and O–H groups in total. The number of halogens is 2. The molecule has 0 atom stereocenters. The number of hydrogen-bond donors (Lipinski definition) is 0. The molecule has 0 spiro atoms. The molecule has 7 heteroatoms. The maximum atomic E-state index is 5.94. The third-order valence-electron chi connectivity index (χ3n) is 3.80. The Balaban J connectivity index is 1.56. The molecule has 1 aromatic heterocycles. The zero-order chi connectivity index (χ0) is 18.4. The van der Waals surface area contributed by atoms with Crippen LogP contribution in [0.3, 0.4) is 0 Å². The van der Waals surface area contributed by atoms with Crippen molar-refractivity contribution in [1.29, 1.82) is 0 Å². The zero-order valence-electron chi connectivity index (χ0n) is 14.4. The molecule has 3 aromatic rings. The Bertz CT molecular complexity index is 833. The molecular weight excluding hydrogens is 405 g/mol. The Hall–Kier alpha value is -1.14. The molecule has 2 aromatic carbocycles. The second-order valence-electron chi connectivity index (χ2n) is 5.68. The van der Waals surface area contributed by atoms with Crippen molar-refractivity contribution in [3.8, 4) is 0 Å². The van der Waals surface area contributed by atoms with Crippen LogP contribution in [0.4, 0.5) is 0 Å². The SMILES string of the molecule is CCn1c(CSCc2ccc(Cl)cc2)nnc1SCc1ccc(Cl)cc1. The van der Waals surface area contributed by atoms with Gasteiger partial charge in [-0.2, -0.15) is 0 Å². The largest absolute Gasteiger partial charge is 0.306 e. The van der Waals surface area contributed by atoms with Gasteiger partial charge in [-0.15, -0.1) is 22.0 Å². The normalized spacial score (nSPS) is 11.0. The smallest absolute Gasteiger partial charge is 0.191 e. The van der Waals surface area contributed by atoms with Gasteiger partial charge in [-0.3, -0.25) is 0 Å². The van der Waals surface area contributed by atoms with E-state index in [2.05, 4.69) is 33.8 Å². The molecule has 0 amide bonds. The number of thioether (sulfide) groups is 2. The lowest BCUT2D eigenvalue weighted by atomic mass is 10.2. The first-order chi connectivity index (χ1) is 12.7. The summed E-state index contributed by atoms with van der Waals surface area (Å²) in [5, 5.41) is 11.3. The zero-order valence-corrected chi connectivity index (χ0v) is 17.5. The summed E-state index contributed by atoms with van der Waals surface area (Å²) >= 11 is 15.4. The van der Waals surface area contributed by atoms with Crippen LogP contribution in [0.2, 0.25) is 10.0 Å². The molecule has 0 saturated carbocycles. The Labute approximate surface area is 172 Å². The summed E-state index contributed by atoms with van der Waals surface area (Å²) in [4.78, 5) is 0. The first-order valence-electron chi connectivity index (χ1n) is 8.27. The van der Waals surface area contributed by atoms with Crippen molar-refractivity contribution in [3.05, 3.63) is 75.5 Å². The second-order valence-corrected chi connectivity index (χ2v) is 8.48. The molecule has 0 radical (unpaired) electrons. The van der Waals surface area contributed by atoms with Crippen LogP contribution in [0.15, 0.2) is 53.7 Å². The highest BCUT2D eigenvalue weighted by molar-refractivity contribution is 7.98. The van der Waals surface area contributed by atoms with Crippen LogP contribution in [0.25, 0.3) is 0 Å². The number of aromatic nitrogens is 3. The van der Waals surface area contributed by atoms with Gasteiger partial charge < -0.3 is 4.57 Å². The van der Waals surface area contributed by atoms with Gasteiger partial charge in [0, 0.05) is 28.1 Å². The number of nitrogens with zero attached hydrogens (tertiary/aromatic N) is 3. The van der Waals surface area contributed by atoms with Crippen molar-refractivity contribution < 1.29 is 0 Å². The highest BCUT2D eigenvalue weighted by Crippen LogP contribution is 2.25. The van der Waals surface area contributed by atoms with Crippen LogP contribution in [0.1, 0.15) is 23.9 Å². The van der Waals surface area contributed by atoms with Crippen LogP contribution in [0.5, 0.6) is 0 Å². The summed E-state index contributed by atoms with van der Waals surface area (Å²) in [7, 11) is 0. The number of benzene rings is 2. The summed E-state index contributed by atoms with van der Waals surface area (Å²) in [6.45, 7) is 3.00. The van der Waals surface area contributed by atoms with Crippen LogP contribution in [0, 0.1) is 0 Å². The average Bonchev–Trinajstić information content (AvgIpc) is 3.05. The molecular formula is C19H19Cl2N3S2. The summed E-state index contributed by atoms with van der Waals surface area (Å²) in [5.41, 5.74) is 2.49. The first kappa shape index (κ1) is 19.6. The van der Waals surface area contributed by atoms with Crippen molar-refractivity contribution in [2.75, 3.05) is 0 Å². The number of hydrogen-bond acceptors (Lipinski definition) is 4. The van der Waals surface area contributed by atoms with E-state index in [1.165, 1.54) is 11.1 Å². The standard InChI is InChI=1S/C19H19Cl2N3S2/c1-2-24-18(13-25-11-14-3-7-16(20)8-4-14)22-23-19(24)26-12-15-5-9-17(21)10-6-15/h3-10H,2,11-13H2,1H3. The predicted octanol–water partition coefficient (Wildman–Crippen LogP) is 6.33. The van der Waals surface area contributed by atoms with E-state index in [1.54, 1.807) is 11.8 Å². The Kier molecular flexibility index (Phi) is 7.32. The second kappa shape index (κ2) is 9.70. The van der Waals surface area contributed by atoms with Gasteiger partial charge in [0.25, 0.3) is 0 Å². The first-order valence-corrected chi connectivity index (χ1v) is 11.2. The highest BCUT2D eigenvalue weighted by atomic mass is 35.5. The maximum Gasteiger partial charge on any atom is 0.191 e. The molecule has 3 rings (SSSR count). The Morgan fingerprint density at radius 2 is 1.38 bits per heavy atom. The average molecular weight is 424 g/mol. The van der Waals surface area contributed by atoms with Crippen molar-refractivity contribution in [2.45, 2.75) is 35.9 Å². The van der Waals surface area contributed by atoms with Crippen molar-refractivity contribution in [3.63, 3.8) is 0 Å². The molecule has 0 aliphatic rings. The van der Waals surface area contributed by atoms with E-state index >= 15 is 0 Å². The molecule has 26 heavy (non-hydrogen) atoms. The van der Waals surface area contributed by atoms with E-state index in [1.807, 2.05) is 48.2 Å². The molecule has 0 aliphatic carbocycles. The van der Waals surface area contributed by atoms with Gasteiger partial charge in [-0.1, -0.05) is 59.2 Å². The molecule has 0 aliphatic heterocycles. The van der Waals surface area contributed by atoms with E-state index < -0.39 is 0 Å². The molecule has 1 heterocycles. The van der Waals surface area contributed by atoms with Gasteiger partial charge in [0.2, 0.25) is 0 Å². The van der Waals surface area contributed by atoms with Crippen molar-refractivity contribution >= 4 is 46.7 Å². The molecule has 0 saturated heterocycles. The third-order valence-corrected chi connectivity index (χ3v) is 6.35.